The van der Waals surface area contributed by atoms with Crippen molar-refractivity contribution in [2.75, 3.05) is 7.11 Å². The lowest BCUT2D eigenvalue weighted by Gasteiger charge is -2.18. The summed E-state index contributed by atoms with van der Waals surface area (Å²) in [6, 6.07) is 7.41. The summed E-state index contributed by atoms with van der Waals surface area (Å²) in [6.07, 6.45) is 0. The lowest BCUT2D eigenvalue weighted by molar-refractivity contribution is -0.144. The van der Waals surface area contributed by atoms with Crippen LogP contribution in [0.1, 0.15) is 26.3 Å². The van der Waals surface area contributed by atoms with E-state index >= 15 is 0 Å². The third kappa shape index (κ3) is 4.33. The molecule has 0 amide bonds. The van der Waals surface area contributed by atoms with Crippen LogP contribution in [0.2, 0.25) is 0 Å². The number of methoxy groups -OCH3 is 1. The Labute approximate surface area is 114 Å². The molecule has 0 saturated heterocycles. The van der Waals surface area contributed by atoms with Crippen molar-refractivity contribution in [2.24, 2.45) is 17.8 Å². The molecule has 3 nitrogen and oxygen atoms in total. The molecule has 1 N–H and O–H groups in total. The maximum atomic E-state index is 11.2. The normalized spacial score (nSPS) is 13.3. The Morgan fingerprint density at radius 3 is 2.21 bits per heavy atom. The zero-order valence-corrected chi connectivity index (χ0v) is 11.8. The summed E-state index contributed by atoms with van der Waals surface area (Å²) in [4.78, 5) is 11.2. The summed E-state index contributed by atoms with van der Waals surface area (Å²) in [5.74, 6) is 5.49. The molecule has 1 rings (SSSR count). The highest BCUT2D eigenvalue weighted by atomic mass is 16.5. The molecule has 0 aliphatic rings. The van der Waals surface area contributed by atoms with Crippen molar-refractivity contribution in [3.63, 3.8) is 0 Å². The van der Waals surface area contributed by atoms with Gasteiger partial charge in [0.05, 0.1) is 13.0 Å². The predicted octanol–water partition coefficient (Wildman–Crippen LogP) is 3.04. The Hall–Kier alpha value is -1.95. The average molecular weight is 260 g/mol. The average Bonchev–Trinajstić information content (AvgIpc) is 2.36. The van der Waals surface area contributed by atoms with Crippen molar-refractivity contribution in [1.82, 2.24) is 0 Å². The van der Waals surface area contributed by atoms with Crippen LogP contribution in [-0.4, -0.2) is 18.2 Å². The Balaban J connectivity index is 2.83. The Kier molecular flexibility index (Phi) is 5.44. The SMILES string of the molecule is COc1ccc(C#CC(C)C(C(=O)O)C(C)C)cc1. The van der Waals surface area contributed by atoms with E-state index in [1.54, 1.807) is 7.11 Å². The largest absolute Gasteiger partial charge is 0.497 e. The van der Waals surface area contributed by atoms with Gasteiger partial charge in [-0.1, -0.05) is 32.6 Å². The summed E-state index contributed by atoms with van der Waals surface area (Å²) < 4.78 is 5.07. The molecule has 0 aromatic heterocycles. The molecule has 102 valence electrons. The highest BCUT2D eigenvalue weighted by Gasteiger charge is 2.26. The lowest BCUT2D eigenvalue weighted by Crippen LogP contribution is -2.25. The lowest BCUT2D eigenvalue weighted by atomic mass is 9.85. The molecule has 0 saturated carbocycles. The van der Waals surface area contributed by atoms with Gasteiger partial charge in [0.1, 0.15) is 5.75 Å². The Bertz CT molecular complexity index is 477. The van der Waals surface area contributed by atoms with Gasteiger partial charge >= 0.3 is 5.97 Å². The fourth-order valence-corrected chi connectivity index (χ4v) is 2.04. The van der Waals surface area contributed by atoms with Gasteiger partial charge in [-0.3, -0.25) is 4.79 Å². The maximum absolute atomic E-state index is 11.2. The molecule has 0 spiro atoms. The number of carbonyl (C=O) groups is 1. The number of rotatable bonds is 4. The highest BCUT2D eigenvalue weighted by Crippen LogP contribution is 2.20. The fourth-order valence-electron chi connectivity index (χ4n) is 2.04. The fraction of sp³-hybridized carbons (Fsp3) is 0.438. The van der Waals surface area contributed by atoms with Crippen LogP contribution in [0.4, 0.5) is 0 Å². The van der Waals surface area contributed by atoms with Crippen molar-refractivity contribution in [1.29, 1.82) is 0 Å². The second-order valence-electron chi connectivity index (χ2n) is 4.89. The topological polar surface area (TPSA) is 46.5 Å². The van der Waals surface area contributed by atoms with E-state index in [0.29, 0.717) is 0 Å². The highest BCUT2D eigenvalue weighted by molar-refractivity contribution is 5.71. The van der Waals surface area contributed by atoms with E-state index in [4.69, 9.17) is 4.74 Å². The molecule has 0 fully saturated rings. The van der Waals surface area contributed by atoms with Gasteiger partial charge < -0.3 is 9.84 Å². The standard InChI is InChI=1S/C16H20O3/c1-11(2)15(16(17)18)12(3)5-6-13-7-9-14(19-4)10-8-13/h7-12,15H,1-4H3,(H,17,18). The molecular weight excluding hydrogens is 240 g/mol. The van der Waals surface area contributed by atoms with E-state index in [9.17, 15) is 9.90 Å². The molecule has 0 bridgehead atoms. The number of ether oxygens (including phenoxy) is 1. The monoisotopic (exact) mass is 260 g/mol. The summed E-state index contributed by atoms with van der Waals surface area (Å²) in [5.41, 5.74) is 0.862. The van der Waals surface area contributed by atoms with Crippen LogP contribution in [-0.2, 0) is 4.79 Å². The zero-order valence-electron chi connectivity index (χ0n) is 11.8. The van der Waals surface area contributed by atoms with Crippen LogP contribution >= 0.6 is 0 Å². The van der Waals surface area contributed by atoms with Crippen molar-refractivity contribution in [3.05, 3.63) is 29.8 Å². The maximum Gasteiger partial charge on any atom is 0.308 e. The molecule has 0 radical (unpaired) electrons. The van der Waals surface area contributed by atoms with Crippen LogP contribution < -0.4 is 4.74 Å². The molecule has 1 aromatic rings. The van der Waals surface area contributed by atoms with Crippen molar-refractivity contribution >= 4 is 5.97 Å². The van der Waals surface area contributed by atoms with E-state index in [1.807, 2.05) is 45.0 Å². The first-order valence-electron chi connectivity index (χ1n) is 6.34. The van der Waals surface area contributed by atoms with E-state index < -0.39 is 11.9 Å². The number of benzene rings is 1. The summed E-state index contributed by atoms with van der Waals surface area (Å²) in [6.45, 7) is 5.67. The van der Waals surface area contributed by atoms with Gasteiger partial charge in [0.25, 0.3) is 0 Å². The number of carboxylic acids is 1. The second-order valence-corrected chi connectivity index (χ2v) is 4.89. The van der Waals surface area contributed by atoms with Crippen LogP contribution in [0.15, 0.2) is 24.3 Å². The van der Waals surface area contributed by atoms with Crippen LogP contribution in [0.25, 0.3) is 0 Å². The quantitative estimate of drug-likeness (QED) is 0.846. The van der Waals surface area contributed by atoms with Gasteiger partial charge in [-0.15, -0.1) is 0 Å². The summed E-state index contributed by atoms with van der Waals surface area (Å²) in [5, 5.41) is 9.20. The molecule has 2 unspecified atom stereocenters. The first-order chi connectivity index (χ1) is 8.95. The predicted molar refractivity (Wildman–Crippen MR) is 75.0 cm³/mol. The van der Waals surface area contributed by atoms with Gasteiger partial charge in [-0.25, -0.2) is 0 Å². The van der Waals surface area contributed by atoms with Crippen LogP contribution in [0.5, 0.6) is 5.75 Å². The molecule has 3 heteroatoms. The minimum absolute atomic E-state index is 0.0673. The minimum Gasteiger partial charge on any atom is -0.497 e. The third-order valence-corrected chi connectivity index (χ3v) is 3.08. The van der Waals surface area contributed by atoms with E-state index in [2.05, 4.69) is 11.8 Å². The van der Waals surface area contributed by atoms with Crippen LogP contribution in [0, 0.1) is 29.6 Å². The van der Waals surface area contributed by atoms with Crippen LogP contribution in [0.3, 0.4) is 0 Å². The summed E-state index contributed by atoms with van der Waals surface area (Å²) >= 11 is 0. The second kappa shape index (κ2) is 6.84. The molecule has 0 heterocycles. The third-order valence-electron chi connectivity index (χ3n) is 3.08. The van der Waals surface area contributed by atoms with Gasteiger partial charge in [0, 0.05) is 11.5 Å². The van der Waals surface area contributed by atoms with Gasteiger partial charge in [-0.2, -0.15) is 0 Å². The smallest absolute Gasteiger partial charge is 0.308 e. The van der Waals surface area contributed by atoms with Crippen molar-refractivity contribution < 1.29 is 14.6 Å². The van der Waals surface area contributed by atoms with E-state index in [-0.39, 0.29) is 11.8 Å². The van der Waals surface area contributed by atoms with E-state index in [0.717, 1.165) is 11.3 Å². The number of hydrogen-bond donors (Lipinski definition) is 1. The first kappa shape index (κ1) is 15.1. The molecule has 2 atom stereocenters. The molecular formula is C16H20O3. The van der Waals surface area contributed by atoms with Crippen molar-refractivity contribution in [3.8, 4) is 17.6 Å². The minimum atomic E-state index is -0.786. The number of carboxylic acid groups (broad SMARTS) is 1. The number of hydrogen-bond acceptors (Lipinski definition) is 2. The zero-order chi connectivity index (χ0) is 14.4. The van der Waals surface area contributed by atoms with Gasteiger partial charge in [-0.05, 0) is 30.2 Å². The summed E-state index contributed by atoms with van der Waals surface area (Å²) in [7, 11) is 1.61. The first-order valence-corrected chi connectivity index (χ1v) is 6.34. The number of aliphatic carboxylic acids is 1. The van der Waals surface area contributed by atoms with Crippen molar-refractivity contribution in [2.45, 2.75) is 20.8 Å². The van der Waals surface area contributed by atoms with Gasteiger partial charge in [0.15, 0.2) is 0 Å². The molecule has 19 heavy (non-hydrogen) atoms. The van der Waals surface area contributed by atoms with E-state index in [1.165, 1.54) is 0 Å². The molecule has 1 aromatic carbocycles. The molecule has 0 aliphatic heterocycles. The molecule has 0 aliphatic carbocycles. The van der Waals surface area contributed by atoms with Gasteiger partial charge in [0.2, 0.25) is 0 Å². The Morgan fingerprint density at radius 2 is 1.79 bits per heavy atom. The Morgan fingerprint density at radius 1 is 1.21 bits per heavy atom.